The molecule has 170 valence electrons. The number of methoxy groups -OCH3 is 1. The van der Waals surface area contributed by atoms with E-state index in [9.17, 15) is 4.79 Å². The number of carbonyl (C=O) groups excluding carboxylic acids is 1. The van der Waals surface area contributed by atoms with Crippen LogP contribution in [0.2, 0.25) is 0 Å². The maximum absolute atomic E-state index is 12.6. The topological polar surface area (TPSA) is 84.9 Å². The average molecular weight is 446 g/mol. The summed E-state index contributed by atoms with van der Waals surface area (Å²) in [5, 5.41) is 7.84. The summed E-state index contributed by atoms with van der Waals surface area (Å²) in [5.74, 6) is 2.67. The van der Waals surface area contributed by atoms with Crippen LogP contribution in [0.4, 0.5) is 5.82 Å². The van der Waals surface area contributed by atoms with E-state index in [4.69, 9.17) is 14.3 Å². The largest absolute Gasteiger partial charge is 0.497 e. The number of nitrogens with zero attached hydrogens (tertiary/aromatic N) is 4. The fourth-order valence-corrected chi connectivity index (χ4v) is 4.31. The highest BCUT2D eigenvalue weighted by molar-refractivity contribution is 5.79. The van der Waals surface area contributed by atoms with Gasteiger partial charge in [0, 0.05) is 42.4 Å². The predicted octanol–water partition coefficient (Wildman–Crippen LogP) is 3.84. The first-order chi connectivity index (χ1) is 16.1. The summed E-state index contributed by atoms with van der Waals surface area (Å²) in [6.07, 6.45) is 3.20. The number of furan rings is 1. The number of piperidine rings is 1. The summed E-state index contributed by atoms with van der Waals surface area (Å²) in [4.78, 5) is 19.6. The van der Waals surface area contributed by atoms with E-state index in [1.807, 2.05) is 53.9 Å². The van der Waals surface area contributed by atoms with E-state index >= 15 is 0 Å². The van der Waals surface area contributed by atoms with Crippen molar-refractivity contribution >= 4 is 17.4 Å². The second kappa shape index (κ2) is 8.97. The monoisotopic (exact) mass is 445 g/mol. The van der Waals surface area contributed by atoms with E-state index in [0.717, 1.165) is 65.9 Å². The molecule has 1 aliphatic heterocycles. The molecule has 3 aromatic heterocycles. The van der Waals surface area contributed by atoms with Gasteiger partial charge in [-0.3, -0.25) is 4.79 Å². The number of ether oxygens (including phenoxy) is 1. The molecule has 1 amide bonds. The molecule has 33 heavy (non-hydrogen) atoms. The highest BCUT2D eigenvalue weighted by Crippen LogP contribution is 2.28. The Morgan fingerprint density at radius 3 is 2.67 bits per heavy atom. The number of aryl methyl sites for hydroxylation is 1. The summed E-state index contributed by atoms with van der Waals surface area (Å²) in [6, 6.07) is 15.6. The quantitative estimate of drug-likeness (QED) is 0.485. The fraction of sp³-hybridized carbons (Fsp3) is 0.320. The van der Waals surface area contributed by atoms with Crippen molar-refractivity contribution in [2.75, 3.05) is 25.1 Å². The van der Waals surface area contributed by atoms with Gasteiger partial charge in [0.2, 0.25) is 5.91 Å². The zero-order valence-electron chi connectivity index (χ0n) is 18.8. The van der Waals surface area contributed by atoms with Gasteiger partial charge in [0.1, 0.15) is 17.3 Å². The molecule has 8 nitrogen and oxygen atoms in total. The van der Waals surface area contributed by atoms with Crippen LogP contribution in [-0.2, 0) is 11.3 Å². The Kier molecular flexibility index (Phi) is 5.73. The minimum absolute atomic E-state index is 0.00196. The number of benzene rings is 1. The Balaban J connectivity index is 1.31. The van der Waals surface area contributed by atoms with Gasteiger partial charge in [-0.15, -0.1) is 0 Å². The van der Waals surface area contributed by atoms with E-state index in [-0.39, 0.29) is 11.8 Å². The molecule has 0 bridgehead atoms. The first-order valence-corrected chi connectivity index (χ1v) is 11.2. The van der Waals surface area contributed by atoms with Gasteiger partial charge in [-0.05, 0) is 56.2 Å². The molecule has 4 aromatic rings. The van der Waals surface area contributed by atoms with Crippen LogP contribution in [-0.4, -0.2) is 40.7 Å². The SMILES string of the molecule is COc1ccc(-c2cc3nc(C)cc(N4CCC(C(=O)NCc5ccco5)CC4)n3n2)cc1. The summed E-state index contributed by atoms with van der Waals surface area (Å²) >= 11 is 0. The highest BCUT2D eigenvalue weighted by atomic mass is 16.5. The van der Waals surface area contributed by atoms with Crippen LogP contribution in [0, 0.1) is 12.8 Å². The Morgan fingerprint density at radius 1 is 1.18 bits per heavy atom. The second-order valence-corrected chi connectivity index (χ2v) is 8.34. The average Bonchev–Trinajstić information content (AvgIpc) is 3.52. The van der Waals surface area contributed by atoms with E-state index in [1.165, 1.54) is 0 Å². The van der Waals surface area contributed by atoms with E-state index < -0.39 is 0 Å². The number of hydrogen-bond donors (Lipinski definition) is 1. The smallest absolute Gasteiger partial charge is 0.223 e. The third-order valence-corrected chi connectivity index (χ3v) is 6.13. The molecule has 1 aromatic carbocycles. The van der Waals surface area contributed by atoms with Crippen LogP contribution >= 0.6 is 0 Å². The number of rotatable bonds is 6. The first kappa shape index (κ1) is 21.1. The van der Waals surface area contributed by atoms with Crippen molar-refractivity contribution in [1.82, 2.24) is 19.9 Å². The molecular weight excluding hydrogens is 418 g/mol. The minimum atomic E-state index is 0.00196. The second-order valence-electron chi connectivity index (χ2n) is 8.34. The third-order valence-electron chi connectivity index (χ3n) is 6.13. The lowest BCUT2D eigenvalue weighted by molar-refractivity contribution is -0.125. The van der Waals surface area contributed by atoms with Crippen molar-refractivity contribution in [2.24, 2.45) is 5.92 Å². The van der Waals surface area contributed by atoms with Crippen molar-refractivity contribution in [3.63, 3.8) is 0 Å². The Bertz CT molecular complexity index is 1240. The van der Waals surface area contributed by atoms with Crippen molar-refractivity contribution in [3.05, 3.63) is 66.2 Å². The van der Waals surface area contributed by atoms with Crippen LogP contribution in [0.5, 0.6) is 5.75 Å². The molecule has 8 heteroatoms. The summed E-state index contributed by atoms with van der Waals surface area (Å²) in [6.45, 7) is 4.00. The van der Waals surface area contributed by atoms with Crippen molar-refractivity contribution in [3.8, 4) is 17.0 Å². The minimum Gasteiger partial charge on any atom is -0.497 e. The third kappa shape index (κ3) is 4.41. The van der Waals surface area contributed by atoms with Gasteiger partial charge < -0.3 is 19.4 Å². The van der Waals surface area contributed by atoms with Crippen LogP contribution in [0.15, 0.2) is 59.2 Å². The zero-order chi connectivity index (χ0) is 22.8. The van der Waals surface area contributed by atoms with Crippen molar-refractivity contribution in [2.45, 2.75) is 26.3 Å². The molecule has 1 saturated heterocycles. The lowest BCUT2D eigenvalue weighted by Gasteiger charge is -2.33. The lowest BCUT2D eigenvalue weighted by atomic mass is 9.96. The molecule has 4 heterocycles. The maximum atomic E-state index is 12.6. The van der Waals surface area contributed by atoms with E-state index in [2.05, 4.69) is 21.3 Å². The van der Waals surface area contributed by atoms with Gasteiger partial charge in [0.05, 0.1) is 25.6 Å². The van der Waals surface area contributed by atoms with E-state index in [1.54, 1.807) is 13.4 Å². The van der Waals surface area contributed by atoms with Gasteiger partial charge >= 0.3 is 0 Å². The van der Waals surface area contributed by atoms with Gasteiger partial charge in [-0.25, -0.2) is 4.98 Å². The first-order valence-electron chi connectivity index (χ1n) is 11.2. The number of amides is 1. The normalized spacial score (nSPS) is 14.5. The molecule has 0 spiro atoms. The molecule has 5 rings (SSSR count). The lowest BCUT2D eigenvalue weighted by Crippen LogP contribution is -2.41. The number of hydrogen-bond acceptors (Lipinski definition) is 6. The molecular formula is C25H27N5O3. The summed E-state index contributed by atoms with van der Waals surface area (Å²) < 4.78 is 12.5. The fourth-order valence-electron chi connectivity index (χ4n) is 4.31. The Labute approximate surface area is 192 Å². The van der Waals surface area contributed by atoms with Crippen LogP contribution in [0.3, 0.4) is 0 Å². The molecule has 0 atom stereocenters. The Morgan fingerprint density at radius 2 is 1.97 bits per heavy atom. The molecule has 1 aliphatic rings. The van der Waals surface area contributed by atoms with Crippen LogP contribution in [0.1, 0.15) is 24.3 Å². The van der Waals surface area contributed by atoms with E-state index in [0.29, 0.717) is 6.54 Å². The zero-order valence-corrected chi connectivity index (χ0v) is 18.8. The number of nitrogens with one attached hydrogen (secondary N) is 1. The summed E-state index contributed by atoms with van der Waals surface area (Å²) in [5.41, 5.74) is 3.63. The van der Waals surface area contributed by atoms with Crippen molar-refractivity contribution < 1.29 is 13.9 Å². The number of fused-ring (bicyclic) bond motifs is 1. The van der Waals surface area contributed by atoms with Gasteiger partial charge in [-0.1, -0.05) is 0 Å². The van der Waals surface area contributed by atoms with Gasteiger partial charge in [-0.2, -0.15) is 9.61 Å². The number of aromatic nitrogens is 3. The molecule has 0 aliphatic carbocycles. The number of carbonyl (C=O) groups is 1. The molecule has 0 saturated carbocycles. The number of anilines is 1. The molecule has 0 unspecified atom stereocenters. The Hall–Kier alpha value is -3.81. The van der Waals surface area contributed by atoms with Crippen molar-refractivity contribution in [1.29, 1.82) is 0 Å². The standard InChI is InChI=1S/C25H27N5O3/c1-17-14-24(29-11-9-19(10-12-29)25(31)26-16-21-4-3-13-33-21)30-23(27-17)15-22(28-30)18-5-7-20(32-2)8-6-18/h3-8,13-15,19H,9-12,16H2,1-2H3,(H,26,31). The summed E-state index contributed by atoms with van der Waals surface area (Å²) in [7, 11) is 1.66. The van der Waals surface area contributed by atoms with Gasteiger partial charge in [0.15, 0.2) is 5.65 Å². The van der Waals surface area contributed by atoms with Crippen LogP contribution < -0.4 is 15.0 Å². The van der Waals surface area contributed by atoms with Crippen LogP contribution in [0.25, 0.3) is 16.9 Å². The molecule has 0 radical (unpaired) electrons. The molecule has 1 fully saturated rings. The maximum Gasteiger partial charge on any atom is 0.223 e. The highest BCUT2D eigenvalue weighted by Gasteiger charge is 2.26. The molecule has 1 N–H and O–H groups in total. The van der Waals surface area contributed by atoms with Gasteiger partial charge in [0.25, 0.3) is 0 Å². The predicted molar refractivity (Wildman–Crippen MR) is 125 cm³/mol.